The van der Waals surface area contributed by atoms with E-state index in [1.807, 2.05) is 12.1 Å². The van der Waals surface area contributed by atoms with Gasteiger partial charge in [-0.25, -0.2) is 10.9 Å². The van der Waals surface area contributed by atoms with Crippen molar-refractivity contribution >= 4 is 0 Å². The maximum Gasteiger partial charge on any atom is 0.120 e. The lowest BCUT2D eigenvalue weighted by molar-refractivity contribution is 0.260. The van der Waals surface area contributed by atoms with Crippen LogP contribution in [0.25, 0.3) is 0 Å². The smallest absolute Gasteiger partial charge is 0.120 e. The van der Waals surface area contributed by atoms with Crippen LogP contribution in [0.3, 0.4) is 0 Å². The fourth-order valence-electron chi connectivity index (χ4n) is 1.60. The van der Waals surface area contributed by atoms with Crippen LogP contribution in [-0.2, 0) is 5.41 Å². The van der Waals surface area contributed by atoms with Gasteiger partial charge in [-0.1, -0.05) is 32.9 Å². The van der Waals surface area contributed by atoms with E-state index in [0.717, 1.165) is 5.75 Å². The van der Waals surface area contributed by atoms with Crippen molar-refractivity contribution in [1.29, 1.82) is 0 Å². The van der Waals surface area contributed by atoms with E-state index in [2.05, 4.69) is 54.8 Å². The maximum absolute atomic E-state index is 5.65. The topological polar surface area (TPSA) is 57.4 Å². The van der Waals surface area contributed by atoms with Gasteiger partial charge in [-0.15, -0.1) is 0 Å². The Kier molecular flexibility index (Phi) is 3.63. The van der Waals surface area contributed by atoms with Crippen LogP contribution in [0.4, 0.5) is 0 Å². The van der Waals surface area contributed by atoms with Gasteiger partial charge in [-0.2, -0.15) is 11.1 Å². The molecule has 1 saturated heterocycles. The first kappa shape index (κ1) is 12.3. The molecule has 5 heteroatoms. The molecule has 0 bridgehead atoms. The highest BCUT2D eigenvalue weighted by atomic mass is 16.5. The van der Waals surface area contributed by atoms with Crippen molar-refractivity contribution in [3.05, 3.63) is 29.8 Å². The van der Waals surface area contributed by atoms with E-state index in [1.165, 1.54) is 5.56 Å². The number of benzene rings is 1. The van der Waals surface area contributed by atoms with Crippen LogP contribution in [0.15, 0.2) is 24.3 Å². The number of hydrogen-bond acceptors (Lipinski definition) is 5. The van der Waals surface area contributed by atoms with E-state index in [1.54, 1.807) is 0 Å². The molecule has 1 aliphatic heterocycles. The summed E-state index contributed by atoms with van der Waals surface area (Å²) in [5, 5.41) is 0. The summed E-state index contributed by atoms with van der Waals surface area (Å²) in [6.07, 6.45) is 0.0669. The minimum absolute atomic E-state index is 0.0669. The molecule has 2 rings (SSSR count). The minimum atomic E-state index is 0.0669. The summed E-state index contributed by atoms with van der Waals surface area (Å²) in [7, 11) is 0. The van der Waals surface area contributed by atoms with Crippen molar-refractivity contribution in [2.75, 3.05) is 6.61 Å². The Balaban J connectivity index is 1.89. The average molecular weight is 236 g/mol. The second-order valence-corrected chi connectivity index (χ2v) is 5.18. The lowest BCUT2D eigenvalue weighted by atomic mass is 9.87. The number of rotatable bonds is 3. The van der Waals surface area contributed by atoms with Crippen LogP contribution in [0, 0.1) is 0 Å². The second-order valence-electron chi connectivity index (χ2n) is 5.18. The number of hydrogen-bond donors (Lipinski definition) is 4. The molecular formula is C12H20N4O. The average Bonchev–Trinajstić information content (AvgIpc) is 2.78. The number of nitrogens with one attached hydrogen (secondary N) is 4. The van der Waals surface area contributed by atoms with Gasteiger partial charge in [0.1, 0.15) is 18.5 Å². The Bertz CT molecular complexity index is 352. The second kappa shape index (κ2) is 5.01. The van der Waals surface area contributed by atoms with E-state index >= 15 is 0 Å². The molecule has 17 heavy (non-hydrogen) atoms. The Morgan fingerprint density at radius 1 is 1.06 bits per heavy atom. The number of ether oxygens (including phenoxy) is 1. The van der Waals surface area contributed by atoms with Crippen LogP contribution in [0.1, 0.15) is 26.3 Å². The van der Waals surface area contributed by atoms with Gasteiger partial charge >= 0.3 is 0 Å². The zero-order chi connectivity index (χ0) is 12.3. The summed E-state index contributed by atoms with van der Waals surface area (Å²) in [4.78, 5) is 0. The fraction of sp³-hybridized carbons (Fsp3) is 0.500. The first-order valence-electron chi connectivity index (χ1n) is 5.80. The van der Waals surface area contributed by atoms with E-state index in [0.29, 0.717) is 6.61 Å². The molecular weight excluding hydrogens is 216 g/mol. The van der Waals surface area contributed by atoms with Gasteiger partial charge in [0.25, 0.3) is 0 Å². The van der Waals surface area contributed by atoms with Gasteiger partial charge in [-0.3, -0.25) is 0 Å². The summed E-state index contributed by atoms with van der Waals surface area (Å²) in [5.74, 6) is 0.883. The fourth-order valence-corrected chi connectivity index (χ4v) is 1.60. The first-order chi connectivity index (χ1) is 8.05. The summed E-state index contributed by atoms with van der Waals surface area (Å²) in [5.41, 5.74) is 12.9. The van der Waals surface area contributed by atoms with Gasteiger partial charge in [0.15, 0.2) is 0 Å². The molecule has 0 saturated carbocycles. The number of hydrazine groups is 3. The molecule has 4 N–H and O–H groups in total. The highest BCUT2D eigenvalue weighted by Crippen LogP contribution is 2.24. The van der Waals surface area contributed by atoms with Gasteiger partial charge in [0.05, 0.1) is 0 Å². The van der Waals surface area contributed by atoms with Crippen molar-refractivity contribution in [3.63, 3.8) is 0 Å². The molecule has 1 heterocycles. The predicted molar refractivity (Wildman–Crippen MR) is 67.0 cm³/mol. The summed E-state index contributed by atoms with van der Waals surface area (Å²) < 4.78 is 5.65. The van der Waals surface area contributed by atoms with Crippen molar-refractivity contribution in [2.24, 2.45) is 0 Å². The van der Waals surface area contributed by atoms with Crippen LogP contribution in [-0.4, -0.2) is 12.8 Å². The maximum atomic E-state index is 5.65. The third kappa shape index (κ3) is 3.41. The van der Waals surface area contributed by atoms with Crippen molar-refractivity contribution in [2.45, 2.75) is 32.4 Å². The Hall–Kier alpha value is -1.14. The third-order valence-corrected chi connectivity index (χ3v) is 2.69. The zero-order valence-electron chi connectivity index (χ0n) is 10.5. The molecule has 1 aromatic carbocycles. The molecule has 0 spiro atoms. The van der Waals surface area contributed by atoms with E-state index in [9.17, 15) is 0 Å². The molecule has 0 unspecified atom stereocenters. The highest BCUT2D eigenvalue weighted by molar-refractivity contribution is 5.31. The van der Waals surface area contributed by atoms with Gasteiger partial charge in [0, 0.05) is 0 Å². The Morgan fingerprint density at radius 3 is 2.18 bits per heavy atom. The van der Waals surface area contributed by atoms with Crippen molar-refractivity contribution in [1.82, 2.24) is 21.9 Å². The lowest BCUT2D eigenvalue weighted by Crippen LogP contribution is -2.39. The van der Waals surface area contributed by atoms with Crippen LogP contribution in [0.5, 0.6) is 5.75 Å². The van der Waals surface area contributed by atoms with Gasteiger partial charge in [0.2, 0.25) is 0 Å². The predicted octanol–water partition coefficient (Wildman–Crippen LogP) is 0.806. The highest BCUT2D eigenvalue weighted by Gasteiger charge is 2.14. The summed E-state index contributed by atoms with van der Waals surface area (Å²) in [6, 6.07) is 8.25. The largest absolute Gasteiger partial charge is 0.490 e. The molecule has 1 fully saturated rings. The van der Waals surface area contributed by atoms with Crippen LogP contribution in [0.2, 0.25) is 0 Å². The van der Waals surface area contributed by atoms with Gasteiger partial charge < -0.3 is 4.74 Å². The van der Waals surface area contributed by atoms with Crippen molar-refractivity contribution < 1.29 is 4.74 Å². The quantitative estimate of drug-likeness (QED) is 0.625. The van der Waals surface area contributed by atoms with Crippen LogP contribution < -0.4 is 26.7 Å². The standard InChI is InChI=1S/C12H20N4O/c1-12(2,3)9-4-6-10(7-5-9)17-8-11-13-15-16-14-11/h4-7,11,13-16H,8H2,1-3H3. The zero-order valence-corrected chi connectivity index (χ0v) is 10.5. The minimum Gasteiger partial charge on any atom is -0.490 e. The SMILES string of the molecule is CC(C)(C)c1ccc(OCC2NNNN2)cc1. The molecule has 0 aromatic heterocycles. The molecule has 0 aliphatic carbocycles. The van der Waals surface area contributed by atoms with Crippen molar-refractivity contribution in [3.8, 4) is 5.75 Å². The Labute approximate surface area is 102 Å². The Morgan fingerprint density at radius 2 is 1.65 bits per heavy atom. The molecule has 0 amide bonds. The van der Waals surface area contributed by atoms with Gasteiger partial charge in [-0.05, 0) is 23.1 Å². The molecule has 94 valence electrons. The molecule has 1 aliphatic rings. The monoisotopic (exact) mass is 236 g/mol. The third-order valence-electron chi connectivity index (χ3n) is 2.69. The van der Waals surface area contributed by atoms with E-state index in [-0.39, 0.29) is 11.6 Å². The van der Waals surface area contributed by atoms with E-state index in [4.69, 9.17) is 4.74 Å². The normalized spacial score (nSPS) is 17.4. The summed E-state index contributed by atoms with van der Waals surface area (Å²) >= 11 is 0. The molecule has 1 aromatic rings. The summed E-state index contributed by atoms with van der Waals surface area (Å²) in [6.45, 7) is 7.15. The van der Waals surface area contributed by atoms with E-state index < -0.39 is 0 Å². The molecule has 0 radical (unpaired) electrons. The lowest BCUT2D eigenvalue weighted by Gasteiger charge is -2.19. The molecule has 5 nitrogen and oxygen atoms in total. The molecule has 0 atom stereocenters. The first-order valence-corrected chi connectivity index (χ1v) is 5.80. The van der Waals surface area contributed by atoms with Crippen LogP contribution >= 0.6 is 0 Å².